The zero-order chi connectivity index (χ0) is 16.3. The Hall–Kier alpha value is -2.69. The summed E-state index contributed by atoms with van der Waals surface area (Å²) in [6.07, 6.45) is 0. The highest BCUT2D eigenvalue weighted by Gasteiger charge is 2.16. The molecule has 1 N–H and O–H groups in total. The molecule has 0 spiro atoms. The molecule has 114 valence electrons. The van der Waals surface area contributed by atoms with E-state index in [1.807, 2.05) is 38.1 Å². The Morgan fingerprint density at radius 1 is 1.14 bits per heavy atom. The first-order valence-corrected chi connectivity index (χ1v) is 7.01. The van der Waals surface area contributed by atoms with Crippen LogP contribution in [-0.2, 0) is 0 Å². The van der Waals surface area contributed by atoms with Crippen LogP contribution in [0.5, 0.6) is 0 Å². The Kier molecular flexibility index (Phi) is 4.56. The molecule has 0 aliphatic rings. The summed E-state index contributed by atoms with van der Waals surface area (Å²) in [6, 6.07) is 12.1. The van der Waals surface area contributed by atoms with Crippen LogP contribution in [-0.4, -0.2) is 10.8 Å². The van der Waals surface area contributed by atoms with E-state index in [9.17, 15) is 14.9 Å². The number of nitro benzene ring substituents is 1. The van der Waals surface area contributed by atoms with Crippen LogP contribution >= 0.6 is 0 Å². The minimum atomic E-state index is -0.451. The standard InChI is InChI=1S/C17H18N2O3/c1-11-6-4-5-7-15(11)13(3)18-17(20)14-8-9-16(19(21)22)12(2)10-14/h4-10,13H,1-3H3,(H,18,20). The molecule has 0 aromatic heterocycles. The maximum atomic E-state index is 12.3. The van der Waals surface area contributed by atoms with Gasteiger partial charge in [-0.05, 0) is 44.0 Å². The van der Waals surface area contributed by atoms with Gasteiger partial charge in [0, 0.05) is 17.2 Å². The molecule has 0 radical (unpaired) electrons. The predicted octanol–water partition coefficient (Wildman–Crippen LogP) is 3.70. The van der Waals surface area contributed by atoms with E-state index in [1.54, 1.807) is 6.92 Å². The summed E-state index contributed by atoms with van der Waals surface area (Å²) in [7, 11) is 0. The van der Waals surface area contributed by atoms with E-state index < -0.39 is 4.92 Å². The Balaban J connectivity index is 2.17. The summed E-state index contributed by atoms with van der Waals surface area (Å²) < 4.78 is 0. The number of hydrogen-bond acceptors (Lipinski definition) is 3. The minimum absolute atomic E-state index is 0.0171. The second-order valence-electron chi connectivity index (χ2n) is 5.31. The molecule has 2 aromatic rings. The lowest BCUT2D eigenvalue weighted by Crippen LogP contribution is -2.27. The third kappa shape index (κ3) is 3.31. The number of aryl methyl sites for hydroxylation is 2. The van der Waals surface area contributed by atoms with Gasteiger partial charge < -0.3 is 5.32 Å². The van der Waals surface area contributed by atoms with E-state index in [0.29, 0.717) is 11.1 Å². The normalized spacial score (nSPS) is 11.8. The summed E-state index contributed by atoms with van der Waals surface area (Å²) in [4.78, 5) is 22.6. The van der Waals surface area contributed by atoms with Gasteiger partial charge >= 0.3 is 0 Å². The van der Waals surface area contributed by atoms with Gasteiger partial charge in [0.25, 0.3) is 11.6 Å². The molecule has 2 rings (SSSR count). The number of nitrogens with zero attached hydrogens (tertiary/aromatic N) is 1. The summed E-state index contributed by atoms with van der Waals surface area (Å²) in [6.45, 7) is 5.53. The number of rotatable bonds is 4. The van der Waals surface area contributed by atoms with Gasteiger partial charge in [0.15, 0.2) is 0 Å². The Labute approximate surface area is 129 Å². The lowest BCUT2D eigenvalue weighted by atomic mass is 10.0. The van der Waals surface area contributed by atoms with Crippen molar-refractivity contribution in [2.24, 2.45) is 0 Å². The van der Waals surface area contributed by atoms with Crippen LogP contribution < -0.4 is 5.32 Å². The van der Waals surface area contributed by atoms with Gasteiger partial charge in [-0.3, -0.25) is 14.9 Å². The number of carbonyl (C=O) groups excluding carboxylic acids is 1. The fraction of sp³-hybridized carbons (Fsp3) is 0.235. The first-order valence-electron chi connectivity index (χ1n) is 7.01. The summed E-state index contributed by atoms with van der Waals surface area (Å²) >= 11 is 0. The van der Waals surface area contributed by atoms with Crippen LogP contribution in [0.2, 0.25) is 0 Å². The monoisotopic (exact) mass is 298 g/mol. The quantitative estimate of drug-likeness (QED) is 0.691. The van der Waals surface area contributed by atoms with Crippen molar-refractivity contribution in [1.82, 2.24) is 5.32 Å². The third-order valence-electron chi connectivity index (χ3n) is 3.66. The number of hydrogen-bond donors (Lipinski definition) is 1. The maximum Gasteiger partial charge on any atom is 0.272 e. The van der Waals surface area contributed by atoms with Gasteiger partial charge in [-0.1, -0.05) is 24.3 Å². The van der Waals surface area contributed by atoms with Crippen molar-refractivity contribution in [1.29, 1.82) is 0 Å². The SMILES string of the molecule is Cc1ccccc1C(C)NC(=O)c1ccc([N+](=O)[O-])c(C)c1. The largest absolute Gasteiger partial charge is 0.346 e. The topological polar surface area (TPSA) is 72.2 Å². The van der Waals surface area contributed by atoms with E-state index >= 15 is 0 Å². The van der Waals surface area contributed by atoms with Crippen molar-refractivity contribution in [2.75, 3.05) is 0 Å². The van der Waals surface area contributed by atoms with Gasteiger partial charge in [0.1, 0.15) is 0 Å². The smallest absolute Gasteiger partial charge is 0.272 e. The van der Waals surface area contributed by atoms with Gasteiger partial charge in [0.05, 0.1) is 11.0 Å². The summed E-state index contributed by atoms with van der Waals surface area (Å²) in [5.41, 5.74) is 3.07. The van der Waals surface area contributed by atoms with Crippen LogP contribution in [0.3, 0.4) is 0 Å². The van der Waals surface area contributed by atoms with Gasteiger partial charge in [-0.2, -0.15) is 0 Å². The highest BCUT2D eigenvalue weighted by atomic mass is 16.6. The van der Waals surface area contributed by atoms with E-state index in [1.165, 1.54) is 18.2 Å². The number of nitrogens with one attached hydrogen (secondary N) is 1. The predicted molar refractivity (Wildman–Crippen MR) is 84.9 cm³/mol. The van der Waals surface area contributed by atoms with Crippen molar-refractivity contribution in [3.8, 4) is 0 Å². The highest BCUT2D eigenvalue weighted by Crippen LogP contribution is 2.20. The number of carbonyl (C=O) groups is 1. The number of benzene rings is 2. The molecule has 0 aliphatic heterocycles. The molecule has 22 heavy (non-hydrogen) atoms. The van der Waals surface area contributed by atoms with Gasteiger partial charge in [-0.25, -0.2) is 0 Å². The number of amides is 1. The molecule has 2 aromatic carbocycles. The Morgan fingerprint density at radius 3 is 2.41 bits per heavy atom. The molecule has 1 atom stereocenters. The molecule has 0 saturated heterocycles. The lowest BCUT2D eigenvalue weighted by Gasteiger charge is -2.16. The Morgan fingerprint density at radius 2 is 1.82 bits per heavy atom. The average molecular weight is 298 g/mol. The Bertz CT molecular complexity index is 726. The van der Waals surface area contributed by atoms with Crippen molar-refractivity contribution in [3.63, 3.8) is 0 Å². The average Bonchev–Trinajstić information content (AvgIpc) is 2.46. The fourth-order valence-electron chi connectivity index (χ4n) is 2.43. The van der Waals surface area contributed by atoms with Crippen LogP contribution in [0.4, 0.5) is 5.69 Å². The summed E-state index contributed by atoms with van der Waals surface area (Å²) in [5, 5.41) is 13.7. The van der Waals surface area contributed by atoms with Crippen molar-refractivity contribution in [3.05, 3.63) is 74.8 Å². The second-order valence-corrected chi connectivity index (χ2v) is 5.31. The van der Waals surface area contributed by atoms with Crippen LogP contribution in [0.25, 0.3) is 0 Å². The molecule has 5 heteroatoms. The second kappa shape index (κ2) is 6.39. The third-order valence-corrected chi connectivity index (χ3v) is 3.66. The molecule has 0 aliphatic carbocycles. The van der Waals surface area contributed by atoms with E-state index in [2.05, 4.69) is 5.32 Å². The van der Waals surface area contributed by atoms with Crippen molar-refractivity contribution < 1.29 is 9.72 Å². The minimum Gasteiger partial charge on any atom is -0.346 e. The molecule has 5 nitrogen and oxygen atoms in total. The molecular formula is C17H18N2O3. The van der Waals surface area contributed by atoms with E-state index in [0.717, 1.165) is 11.1 Å². The lowest BCUT2D eigenvalue weighted by molar-refractivity contribution is -0.385. The molecule has 0 fully saturated rings. The molecule has 0 bridgehead atoms. The van der Waals surface area contributed by atoms with Crippen LogP contribution in [0.1, 0.15) is 40.0 Å². The van der Waals surface area contributed by atoms with Gasteiger partial charge in [0.2, 0.25) is 0 Å². The molecule has 0 saturated carbocycles. The maximum absolute atomic E-state index is 12.3. The zero-order valence-electron chi connectivity index (χ0n) is 12.8. The van der Waals surface area contributed by atoms with Crippen LogP contribution in [0.15, 0.2) is 42.5 Å². The summed E-state index contributed by atoms with van der Waals surface area (Å²) in [5.74, 6) is -0.242. The van der Waals surface area contributed by atoms with Crippen molar-refractivity contribution in [2.45, 2.75) is 26.8 Å². The fourth-order valence-corrected chi connectivity index (χ4v) is 2.43. The molecule has 1 amide bonds. The molecule has 1 unspecified atom stereocenters. The molecule has 0 heterocycles. The van der Waals surface area contributed by atoms with Crippen molar-refractivity contribution >= 4 is 11.6 Å². The van der Waals surface area contributed by atoms with E-state index in [4.69, 9.17) is 0 Å². The van der Waals surface area contributed by atoms with Gasteiger partial charge in [-0.15, -0.1) is 0 Å². The highest BCUT2D eigenvalue weighted by molar-refractivity contribution is 5.95. The first kappa shape index (κ1) is 15.7. The van der Waals surface area contributed by atoms with E-state index in [-0.39, 0.29) is 17.6 Å². The molecular weight excluding hydrogens is 280 g/mol. The van der Waals surface area contributed by atoms with Crippen LogP contribution in [0, 0.1) is 24.0 Å². The zero-order valence-corrected chi connectivity index (χ0v) is 12.8. The number of nitro groups is 1. The first-order chi connectivity index (χ1) is 10.4.